The fourth-order valence-electron chi connectivity index (χ4n) is 2.55. The summed E-state index contributed by atoms with van der Waals surface area (Å²) >= 11 is 6.40. The van der Waals surface area contributed by atoms with Gasteiger partial charge >= 0.3 is 0 Å². The summed E-state index contributed by atoms with van der Waals surface area (Å²) in [5.41, 5.74) is 5.07. The predicted molar refractivity (Wildman–Crippen MR) is 75.9 cm³/mol. The summed E-state index contributed by atoms with van der Waals surface area (Å²) in [7, 11) is 0. The van der Waals surface area contributed by atoms with Gasteiger partial charge in [0.2, 0.25) is 0 Å². The smallest absolute Gasteiger partial charge is 0.0886 e. The van der Waals surface area contributed by atoms with E-state index in [1.165, 1.54) is 12.8 Å². The Morgan fingerprint density at radius 1 is 1.32 bits per heavy atom. The second kappa shape index (κ2) is 4.66. The zero-order chi connectivity index (χ0) is 13.6. The first kappa shape index (κ1) is 12.7. The number of benzene rings is 1. The monoisotopic (exact) mass is 276 g/mol. The molecule has 1 aliphatic rings. The number of nitrogens with zero attached hydrogens (tertiary/aromatic N) is 2. The van der Waals surface area contributed by atoms with Crippen LogP contribution in [0, 0.1) is 13.8 Å². The molecule has 0 saturated heterocycles. The highest BCUT2D eigenvalue weighted by Gasteiger charge is 2.29. The summed E-state index contributed by atoms with van der Waals surface area (Å²) in [6, 6.07) is 6.06. The lowest BCUT2D eigenvalue weighted by molar-refractivity contribution is 0.276. The van der Waals surface area contributed by atoms with Crippen LogP contribution in [0.1, 0.15) is 41.3 Å². The molecule has 1 aliphatic carbocycles. The maximum absolute atomic E-state index is 9.30. The molecule has 0 spiro atoms. The number of hydrogen-bond donors (Lipinski definition) is 1. The van der Waals surface area contributed by atoms with Gasteiger partial charge in [-0.3, -0.25) is 0 Å². The number of aryl methyl sites for hydroxylation is 2. The van der Waals surface area contributed by atoms with Crippen LogP contribution < -0.4 is 0 Å². The van der Waals surface area contributed by atoms with Crippen LogP contribution in [-0.4, -0.2) is 14.9 Å². The fraction of sp³-hybridized carbons (Fsp3) is 0.400. The van der Waals surface area contributed by atoms with Crippen LogP contribution in [0.2, 0.25) is 5.02 Å². The van der Waals surface area contributed by atoms with Crippen LogP contribution in [0.25, 0.3) is 5.69 Å². The normalized spacial score (nSPS) is 14.9. The Kier molecular flexibility index (Phi) is 3.11. The minimum absolute atomic E-state index is 0.0325. The number of aliphatic hydroxyl groups excluding tert-OH is 1. The van der Waals surface area contributed by atoms with Crippen molar-refractivity contribution in [3.8, 4) is 5.69 Å². The lowest BCUT2D eigenvalue weighted by atomic mass is 10.1. The van der Waals surface area contributed by atoms with E-state index in [0.717, 1.165) is 22.5 Å². The topological polar surface area (TPSA) is 38.0 Å². The lowest BCUT2D eigenvalue weighted by Gasteiger charge is -2.13. The molecule has 1 fully saturated rings. The molecule has 1 aromatic heterocycles. The molecule has 1 N–H and O–H groups in total. The van der Waals surface area contributed by atoms with Crippen molar-refractivity contribution in [1.82, 2.24) is 9.78 Å². The van der Waals surface area contributed by atoms with Gasteiger partial charge < -0.3 is 5.11 Å². The van der Waals surface area contributed by atoms with E-state index in [-0.39, 0.29) is 6.61 Å². The van der Waals surface area contributed by atoms with E-state index < -0.39 is 0 Å². The molecule has 1 aromatic carbocycles. The number of rotatable bonds is 3. The number of hydrogen-bond acceptors (Lipinski definition) is 2. The molecule has 3 rings (SSSR count). The van der Waals surface area contributed by atoms with Gasteiger partial charge in [-0.1, -0.05) is 17.7 Å². The van der Waals surface area contributed by atoms with Crippen molar-refractivity contribution in [2.75, 3.05) is 0 Å². The van der Waals surface area contributed by atoms with Gasteiger partial charge in [-0.2, -0.15) is 5.10 Å². The van der Waals surface area contributed by atoms with Crippen LogP contribution >= 0.6 is 11.6 Å². The van der Waals surface area contributed by atoms with Gasteiger partial charge in [0.1, 0.15) is 0 Å². The summed E-state index contributed by atoms with van der Waals surface area (Å²) in [6.45, 7) is 4.05. The SMILES string of the molecule is Cc1cc(C)c(-n2nc(CO)cc2C2CC2)c(Cl)c1. The van der Waals surface area contributed by atoms with Crippen molar-refractivity contribution in [3.63, 3.8) is 0 Å². The zero-order valence-corrected chi connectivity index (χ0v) is 11.9. The number of aromatic nitrogens is 2. The van der Waals surface area contributed by atoms with Crippen molar-refractivity contribution in [2.24, 2.45) is 0 Å². The van der Waals surface area contributed by atoms with Crippen molar-refractivity contribution < 1.29 is 5.11 Å². The molecular formula is C15H17ClN2O. The second-order valence-electron chi connectivity index (χ2n) is 5.32. The van der Waals surface area contributed by atoms with Gasteiger partial charge in [-0.05, 0) is 49.9 Å². The lowest BCUT2D eigenvalue weighted by Crippen LogP contribution is -2.05. The molecule has 100 valence electrons. The molecule has 0 aliphatic heterocycles. The van der Waals surface area contributed by atoms with E-state index in [1.54, 1.807) is 0 Å². The zero-order valence-electron chi connectivity index (χ0n) is 11.2. The molecule has 4 heteroatoms. The summed E-state index contributed by atoms with van der Waals surface area (Å²) < 4.78 is 1.92. The van der Waals surface area contributed by atoms with Gasteiger partial charge in [-0.25, -0.2) is 4.68 Å². The molecule has 0 amide bonds. The van der Waals surface area contributed by atoms with E-state index in [9.17, 15) is 5.11 Å². The van der Waals surface area contributed by atoms with E-state index in [0.29, 0.717) is 16.6 Å². The molecule has 0 radical (unpaired) electrons. The average Bonchev–Trinajstić information content (AvgIpc) is 3.09. The fourth-order valence-corrected chi connectivity index (χ4v) is 2.95. The molecular weight excluding hydrogens is 260 g/mol. The third-order valence-electron chi connectivity index (χ3n) is 3.56. The Bertz CT molecular complexity index is 606. The highest BCUT2D eigenvalue weighted by atomic mass is 35.5. The minimum atomic E-state index is -0.0325. The van der Waals surface area contributed by atoms with Crippen LogP contribution in [0.5, 0.6) is 0 Å². The standard InChI is InChI=1S/C15H17ClN2O/c1-9-5-10(2)15(13(16)6-9)18-14(11-3-4-11)7-12(8-19)17-18/h5-7,11,19H,3-4,8H2,1-2H3. The quantitative estimate of drug-likeness (QED) is 0.932. The number of halogens is 1. The molecule has 19 heavy (non-hydrogen) atoms. The van der Waals surface area contributed by atoms with E-state index in [2.05, 4.69) is 11.2 Å². The third kappa shape index (κ3) is 2.28. The van der Waals surface area contributed by atoms with Crippen molar-refractivity contribution in [1.29, 1.82) is 0 Å². The van der Waals surface area contributed by atoms with E-state index >= 15 is 0 Å². The van der Waals surface area contributed by atoms with E-state index in [1.807, 2.05) is 30.7 Å². The Morgan fingerprint density at radius 3 is 2.63 bits per heavy atom. The van der Waals surface area contributed by atoms with Gasteiger partial charge in [0.05, 0.1) is 23.0 Å². The summed E-state index contributed by atoms with van der Waals surface area (Å²) in [5.74, 6) is 0.560. The Hall–Kier alpha value is -1.32. The molecule has 0 unspecified atom stereocenters. The number of aliphatic hydroxyl groups is 1. The Labute approximate surface area is 117 Å². The van der Waals surface area contributed by atoms with Crippen LogP contribution in [0.15, 0.2) is 18.2 Å². The molecule has 3 nitrogen and oxygen atoms in total. The van der Waals surface area contributed by atoms with Crippen molar-refractivity contribution in [3.05, 3.63) is 45.7 Å². The van der Waals surface area contributed by atoms with Crippen LogP contribution in [0.3, 0.4) is 0 Å². The predicted octanol–water partition coefficient (Wildman–Crippen LogP) is 3.51. The average molecular weight is 277 g/mol. The first-order valence-electron chi connectivity index (χ1n) is 6.57. The highest BCUT2D eigenvalue weighted by molar-refractivity contribution is 6.32. The van der Waals surface area contributed by atoms with Gasteiger partial charge in [0.25, 0.3) is 0 Å². The maximum Gasteiger partial charge on any atom is 0.0886 e. The van der Waals surface area contributed by atoms with E-state index in [4.69, 9.17) is 11.6 Å². The third-order valence-corrected chi connectivity index (χ3v) is 3.84. The molecule has 2 aromatic rings. The van der Waals surface area contributed by atoms with Crippen LogP contribution in [-0.2, 0) is 6.61 Å². The van der Waals surface area contributed by atoms with Gasteiger partial charge in [0.15, 0.2) is 0 Å². The molecule has 1 heterocycles. The molecule has 0 atom stereocenters. The summed E-state index contributed by atoms with van der Waals surface area (Å²) in [6.07, 6.45) is 2.39. The molecule has 0 bridgehead atoms. The first-order chi connectivity index (χ1) is 9.10. The minimum Gasteiger partial charge on any atom is -0.390 e. The van der Waals surface area contributed by atoms with Gasteiger partial charge in [-0.15, -0.1) is 0 Å². The second-order valence-corrected chi connectivity index (χ2v) is 5.72. The van der Waals surface area contributed by atoms with Crippen molar-refractivity contribution >= 4 is 11.6 Å². The highest BCUT2D eigenvalue weighted by Crippen LogP contribution is 2.42. The van der Waals surface area contributed by atoms with Crippen molar-refractivity contribution in [2.45, 2.75) is 39.2 Å². The summed E-state index contributed by atoms with van der Waals surface area (Å²) in [5, 5.41) is 14.5. The Balaban J connectivity index is 2.18. The summed E-state index contributed by atoms with van der Waals surface area (Å²) in [4.78, 5) is 0. The first-order valence-corrected chi connectivity index (χ1v) is 6.94. The largest absolute Gasteiger partial charge is 0.390 e. The molecule has 1 saturated carbocycles. The van der Waals surface area contributed by atoms with Crippen LogP contribution in [0.4, 0.5) is 0 Å². The van der Waals surface area contributed by atoms with Gasteiger partial charge in [0, 0.05) is 11.6 Å². The maximum atomic E-state index is 9.30. The Morgan fingerprint density at radius 2 is 2.05 bits per heavy atom.